The minimum absolute atomic E-state index is 0.815. The summed E-state index contributed by atoms with van der Waals surface area (Å²) in [5.41, 5.74) is 8.21. The van der Waals surface area contributed by atoms with Crippen molar-refractivity contribution in [2.75, 3.05) is 9.80 Å². The summed E-state index contributed by atoms with van der Waals surface area (Å²) < 4.78 is 14.0. The van der Waals surface area contributed by atoms with Gasteiger partial charge < -0.3 is 19.3 Å². The number of benzene rings is 6. The lowest BCUT2D eigenvalue weighted by Crippen LogP contribution is -2.18. The highest BCUT2D eigenvalue weighted by molar-refractivity contribution is 7.25. The topological polar surface area (TPSA) is 37.8 Å². The van der Waals surface area contributed by atoms with Gasteiger partial charge in [-0.15, -0.1) is 11.3 Å². The predicted molar refractivity (Wildman–Crippen MR) is 192 cm³/mol. The quantitative estimate of drug-likeness (QED) is 0.196. The highest BCUT2D eigenvalue weighted by Crippen LogP contribution is 2.55. The second-order valence-electron chi connectivity index (χ2n) is 11.6. The van der Waals surface area contributed by atoms with Crippen LogP contribution in [0.5, 0.6) is 23.0 Å². The molecule has 6 aromatic carbocycles. The molecule has 0 N–H and O–H groups in total. The Kier molecular flexibility index (Phi) is 5.68. The lowest BCUT2D eigenvalue weighted by molar-refractivity contribution is 0.477. The summed E-state index contributed by atoms with van der Waals surface area (Å²) in [6, 6.07) is 50.5. The fourth-order valence-electron chi connectivity index (χ4n) is 6.86. The van der Waals surface area contributed by atoms with Crippen molar-refractivity contribution in [2.24, 2.45) is 0 Å². The molecule has 0 spiro atoms. The number of hydrogen-bond acceptors (Lipinski definition) is 6. The van der Waals surface area contributed by atoms with Crippen LogP contribution in [0, 0.1) is 0 Å². The first-order valence-electron chi connectivity index (χ1n) is 15.5. The number of hydrogen-bond donors (Lipinski definition) is 0. The Labute approximate surface area is 275 Å². The van der Waals surface area contributed by atoms with Gasteiger partial charge in [-0.25, -0.2) is 4.98 Å². The summed E-state index contributed by atoms with van der Waals surface area (Å²) in [5, 5.41) is 2.38. The summed E-state index contributed by atoms with van der Waals surface area (Å²) >= 11 is 1.73. The number of anilines is 6. The molecule has 2 aromatic heterocycles. The first-order chi connectivity index (χ1) is 23.3. The van der Waals surface area contributed by atoms with Gasteiger partial charge in [0.2, 0.25) is 0 Å². The van der Waals surface area contributed by atoms with E-state index in [-0.39, 0.29) is 0 Å². The van der Waals surface area contributed by atoms with E-state index in [1.165, 1.54) is 15.5 Å². The van der Waals surface area contributed by atoms with Crippen molar-refractivity contribution < 1.29 is 9.47 Å². The molecule has 0 saturated carbocycles. The second-order valence-corrected chi connectivity index (χ2v) is 12.7. The van der Waals surface area contributed by atoms with Gasteiger partial charge in [-0.3, -0.25) is 0 Å². The number of nitrogens with zero attached hydrogens (tertiary/aromatic N) is 3. The average molecular weight is 624 g/mol. The molecule has 47 heavy (non-hydrogen) atoms. The Morgan fingerprint density at radius 3 is 1.49 bits per heavy atom. The lowest BCUT2D eigenvalue weighted by Gasteiger charge is -2.36. The molecule has 0 bridgehead atoms. The van der Waals surface area contributed by atoms with Crippen molar-refractivity contribution in [3.8, 4) is 34.1 Å². The molecule has 222 valence electrons. The molecule has 0 saturated heterocycles. The Morgan fingerprint density at radius 1 is 0.489 bits per heavy atom. The van der Waals surface area contributed by atoms with E-state index in [9.17, 15) is 0 Å². The normalized spacial score (nSPS) is 12.9. The summed E-state index contributed by atoms with van der Waals surface area (Å²) in [7, 11) is 0. The smallest absolute Gasteiger partial charge is 0.151 e. The molecule has 0 atom stereocenters. The molecule has 5 nitrogen and oxygen atoms in total. The first-order valence-corrected chi connectivity index (χ1v) is 16.4. The summed E-state index contributed by atoms with van der Waals surface area (Å²) in [5.74, 6) is 3.26. The summed E-state index contributed by atoms with van der Waals surface area (Å²) in [6.45, 7) is 0. The SMILES string of the molecule is c1ccc2c(c1)Oc1ccccc1N2c1cc(-c2ccnc3sc4ccccc4c23)cc(N2c3ccccc3Oc3ccccc32)c1. The van der Waals surface area contributed by atoms with E-state index in [2.05, 4.69) is 107 Å². The van der Waals surface area contributed by atoms with Crippen molar-refractivity contribution in [3.05, 3.63) is 152 Å². The average Bonchev–Trinajstić information content (AvgIpc) is 3.51. The zero-order chi connectivity index (χ0) is 30.9. The van der Waals surface area contributed by atoms with Crippen LogP contribution in [0.15, 0.2) is 152 Å². The maximum absolute atomic E-state index is 6.40. The third-order valence-corrected chi connectivity index (χ3v) is 9.95. The first kappa shape index (κ1) is 26.1. The number of para-hydroxylation sites is 8. The van der Waals surface area contributed by atoms with Crippen LogP contribution in [-0.2, 0) is 0 Å². The number of pyridine rings is 1. The van der Waals surface area contributed by atoms with Gasteiger partial charge in [0.1, 0.15) is 4.83 Å². The minimum atomic E-state index is 0.815. The van der Waals surface area contributed by atoms with E-state index in [1.54, 1.807) is 11.3 Å². The Balaban J connectivity index is 1.29. The predicted octanol–water partition coefficient (Wildman–Crippen LogP) is 12.3. The molecule has 2 aliphatic heterocycles. The number of rotatable bonds is 3. The molecule has 0 unspecified atom stereocenters. The Morgan fingerprint density at radius 2 is 0.957 bits per heavy atom. The largest absolute Gasteiger partial charge is 0.453 e. The van der Waals surface area contributed by atoms with Gasteiger partial charge in [-0.1, -0.05) is 66.7 Å². The second kappa shape index (κ2) is 10.2. The van der Waals surface area contributed by atoms with Crippen molar-refractivity contribution in [1.82, 2.24) is 4.98 Å². The summed E-state index contributed by atoms with van der Waals surface area (Å²) in [4.78, 5) is 10.5. The lowest BCUT2D eigenvalue weighted by atomic mass is 9.98. The van der Waals surface area contributed by atoms with Crippen molar-refractivity contribution >= 4 is 65.8 Å². The molecular formula is C41H25N3O2S. The van der Waals surface area contributed by atoms with Gasteiger partial charge in [0.15, 0.2) is 23.0 Å². The number of aromatic nitrogens is 1. The van der Waals surface area contributed by atoms with Crippen LogP contribution in [0.25, 0.3) is 31.4 Å². The van der Waals surface area contributed by atoms with E-state index >= 15 is 0 Å². The van der Waals surface area contributed by atoms with Crippen LogP contribution >= 0.6 is 11.3 Å². The van der Waals surface area contributed by atoms with Gasteiger partial charge in [0.25, 0.3) is 0 Å². The molecule has 0 radical (unpaired) electrons. The van der Waals surface area contributed by atoms with Crippen LogP contribution in [0.1, 0.15) is 0 Å². The van der Waals surface area contributed by atoms with Crippen LogP contribution in [0.4, 0.5) is 34.1 Å². The Bertz CT molecular complexity index is 2320. The zero-order valence-electron chi connectivity index (χ0n) is 25.0. The highest BCUT2D eigenvalue weighted by atomic mass is 32.1. The van der Waals surface area contributed by atoms with Crippen molar-refractivity contribution in [3.63, 3.8) is 0 Å². The molecule has 10 rings (SSSR count). The summed E-state index contributed by atoms with van der Waals surface area (Å²) in [6.07, 6.45) is 1.93. The number of fused-ring (bicyclic) bond motifs is 7. The molecule has 0 fully saturated rings. The van der Waals surface area contributed by atoms with Crippen LogP contribution in [0.3, 0.4) is 0 Å². The van der Waals surface area contributed by atoms with Gasteiger partial charge >= 0.3 is 0 Å². The van der Waals surface area contributed by atoms with E-state index in [0.717, 1.165) is 73.1 Å². The molecule has 6 heteroatoms. The standard InChI is InChI=1S/C41H25N3O2S/c1-10-20-39-30(11-1)40-29(21-22-42-41(40)47-39)26-23-27(43-31-12-2-6-16-35(31)45-36-17-7-3-13-32(36)43)25-28(24-26)44-33-14-4-8-18-37(33)46-38-19-9-5-15-34(38)44/h1-25H. The van der Waals surface area contributed by atoms with E-state index in [1.807, 2.05) is 54.7 Å². The zero-order valence-corrected chi connectivity index (χ0v) is 25.8. The fourth-order valence-corrected chi connectivity index (χ4v) is 7.93. The van der Waals surface area contributed by atoms with Gasteiger partial charge in [0.05, 0.1) is 22.7 Å². The van der Waals surface area contributed by atoms with Crippen LogP contribution in [-0.4, -0.2) is 4.98 Å². The monoisotopic (exact) mass is 623 g/mol. The molecule has 2 aliphatic rings. The van der Waals surface area contributed by atoms with Crippen molar-refractivity contribution in [2.45, 2.75) is 0 Å². The molecule has 0 amide bonds. The van der Waals surface area contributed by atoms with E-state index < -0.39 is 0 Å². The number of thiophene rings is 1. The molecule has 0 aliphatic carbocycles. The van der Waals surface area contributed by atoms with E-state index in [0.29, 0.717) is 0 Å². The Hall–Kier alpha value is -6.11. The van der Waals surface area contributed by atoms with Gasteiger partial charge in [0, 0.05) is 33.0 Å². The molecule has 8 aromatic rings. The van der Waals surface area contributed by atoms with E-state index in [4.69, 9.17) is 14.5 Å². The van der Waals surface area contributed by atoms with Gasteiger partial charge in [-0.2, -0.15) is 0 Å². The van der Waals surface area contributed by atoms with Gasteiger partial charge in [-0.05, 0) is 90.0 Å². The van der Waals surface area contributed by atoms with Crippen LogP contribution in [0.2, 0.25) is 0 Å². The number of ether oxygens (including phenoxy) is 2. The third-order valence-electron chi connectivity index (χ3n) is 8.87. The maximum atomic E-state index is 6.40. The van der Waals surface area contributed by atoms with Crippen molar-refractivity contribution in [1.29, 1.82) is 0 Å². The molecule has 4 heterocycles. The minimum Gasteiger partial charge on any atom is -0.453 e. The maximum Gasteiger partial charge on any atom is 0.151 e. The fraction of sp³-hybridized carbons (Fsp3) is 0. The van der Waals surface area contributed by atoms with Crippen LogP contribution < -0.4 is 19.3 Å². The third kappa shape index (κ3) is 4.05. The molecular weight excluding hydrogens is 599 g/mol. The highest BCUT2D eigenvalue weighted by Gasteiger charge is 2.30.